The third kappa shape index (κ3) is 3.52. The lowest BCUT2D eigenvalue weighted by Gasteiger charge is -1.91. The average Bonchev–Trinajstić information content (AvgIpc) is 1.88. The van der Waals surface area contributed by atoms with Crippen LogP contribution in [0.25, 0.3) is 0 Å². The standard InChI is InChI=1S/C6H6N2O2.ClH/c9-6(10)1-5-2-7-4-8-3-5;/h2-4H,1H2,(H,9,10);1H. The van der Waals surface area contributed by atoms with Gasteiger partial charge in [0.2, 0.25) is 0 Å². The number of hydrogen-bond donors (Lipinski definition) is 1. The highest BCUT2D eigenvalue weighted by Gasteiger charge is 1.98. The molecule has 0 fully saturated rings. The van der Waals surface area contributed by atoms with Gasteiger partial charge in [0.25, 0.3) is 0 Å². The summed E-state index contributed by atoms with van der Waals surface area (Å²) in [5, 5.41) is 8.31. The topological polar surface area (TPSA) is 63.1 Å². The van der Waals surface area contributed by atoms with E-state index in [1.54, 1.807) is 0 Å². The molecule has 1 N–H and O–H groups in total. The van der Waals surface area contributed by atoms with Gasteiger partial charge >= 0.3 is 5.97 Å². The molecule has 0 aliphatic heterocycles. The molecule has 0 unspecified atom stereocenters. The second-order valence-corrected chi connectivity index (χ2v) is 1.82. The molecule has 0 spiro atoms. The summed E-state index contributed by atoms with van der Waals surface area (Å²) in [4.78, 5) is 17.4. The second-order valence-electron chi connectivity index (χ2n) is 1.82. The summed E-state index contributed by atoms with van der Waals surface area (Å²) in [6.45, 7) is 0. The Bertz CT molecular complexity index is 227. The van der Waals surface area contributed by atoms with Crippen molar-refractivity contribution in [3.05, 3.63) is 24.3 Å². The molecule has 0 saturated carbocycles. The smallest absolute Gasteiger partial charge is 0.307 e. The Kier molecular flexibility index (Phi) is 4.14. The highest BCUT2D eigenvalue weighted by Crippen LogP contribution is 1.92. The molecule has 4 nitrogen and oxygen atoms in total. The predicted octanol–water partition coefficient (Wildman–Crippen LogP) is 0.525. The normalized spacial score (nSPS) is 8.36. The zero-order chi connectivity index (χ0) is 7.40. The van der Waals surface area contributed by atoms with Crippen molar-refractivity contribution in [3.8, 4) is 0 Å². The van der Waals surface area contributed by atoms with Gasteiger partial charge in [0, 0.05) is 12.4 Å². The Morgan fingerprint density at radius 2 is 2.00 bits per heavy atom. The fraction of sp³-hybridized carbons (Fsp3) is 0.167. The molecular weight excluding hydrogens is 168 g/mol. The van der Waals surface area contributed by atoms with Crippen LogP contribution >= 0.6 is 12.4 Å². The number of carboxylic acid groups (broad SMARTS) is 1. The molecule has 0 aromatic carbocycles. The molecule has 0 radical (unpaired) electrons. The Hall–Kier alpha value is -1.16. The van der Waals surface area contributed by atoms with E-state index in [1.807, 2.05) is 0 Å². The maximum Gasteiger partial charge on any atom is 0.307 e. The molecule has 0 saturated heterocycles. The van der Waals surface area contributed by atoms with Gasteiger partial charge in [-0.25, -0.2) is 9.97 Å². The lowest BCUT2D eigenvalue weighted by atomic mass is 10.2. The fourth-order valence-corrected chi connectivity index (χ4v) is 0.596. The van der Waals surface area contributed by atoms with Crippen molar-refractivity contribution in [1.82, 2.24) is 9.97 Å². The Labute approximate surface area is 69.7 Å². The van der Waals surface area contributed by atoms with Crippen LogP contribution in [0.5, 0.6) is 0 Å². The largest absolute Gasteiger partial charge is 0.481 e. The van der Waals surface area contributed by atoms with Gasteiger partial charge in [-0.3, -0.25) is 4.79 Å². The highest BCUT2D eigenvalue weighted by molar-refractivity contribution is 5.85. The van der Waals surface area contributed by atoms with Crippen molar-refractivity contribution in [1.29, 1.82) is 0 Å². The number of carbonyl (C=O) groups is 1. The van der Waals surface area contributed by atoms with Gasteiger partial charge in [0.1, 0.15) is 6.33 Å². The van der Waals surface area contributed by atoms with Crippen molar-refractivity contribution < 1.29 is 9.90 Å². The summed E-state index contributed by atoms with van der Waals surface area (Å²) in [5.41, 5.74) is 0.620. The van der Waals surface area contributed by atoms with Crippen molar-refractivity contribution in [2.24, 2.45) is 0 Å². The van der Waals surface area contributed by atoms with Crippen molar-refractivity contribution >= 4 is 18.4 Å². The van der Waals surface area contributed by atoms with E-state index in [0.717, 1.165) is 0 Å². The molecule has 11 heavy (non-hydrogen) atoms. The van der Waals surface area contributed by atoms with Crippen LogP contribution in [-0.4, -0.2) is 21.0 Å². The second kappa shape index (κ2) is 4.62. The van der Waals surface area contributed by atoms with Gasteiger partial charge in [-0.05, 0) is 5.56 Å². The molecule has 1 rings (SSSR count). The van der Waals surface area contributed by atoms with Crippen molar-refractivity contribution in [3.63, 3.8) is 0 Å². The summed E-state index contributed by atoms with van der Waals surface area (Å²) in [5.74, 6) is -0.866. The molecule has 60 valence electrons. The SMILES string of the molecule is Cl.O=C(O)Cc1cncnc1. The minimum absolute atomic E-state index is 0. The number of carboxylic acids is 1. The van der Waals surface area contributed by atoms with E-state index in [4.69, 9.17) is 5.11 Å². The van der Waals surface area contributed by atoms with Crippen molar-refractivity contribution in [2.45, 2.75) is 6.42 Å². The molecule has 5 heteroatoms. The van der Waals surface area contributed by atoms with Crippen molar-refractivity contribution in [2.75, 3.05) is 0 Å². The molecule has 1 heterocycles. The predicted molar refractivity (Wildman–Crippen MR) is 40.6 cm³/mol. The van der Waals surface area contributed by atoms with Crippen LogP contribution in [0.4, 0.5) is 0 Å². The van der Waals surface area contributed by atoms with Gasteiger partial charge in [-0.2, -0.15) is 0 Å². The first kappa shape index (κ1) is 9.84. The zero-order valence-corrected chi connectivity index (χ0v) is 6.41. The number of rotatable bonds is 2. The van der Waals surface area contributed by atoms with Gasteiger partial charge < -0.3 is 5.11 Å². The third-order valence-corrected chi connectivity index (χ3v) is 0.969. The molecule has 1 aromatic heterocycles. The van der Waals surface area contributed by atoms with E-state index in [0.29, 0.717) is 5.56 Å². The Morgan fingerprint density at radius 3 is 2.45 bits per heavy atom. The third-order valence-electron chi connectivity index (χ3n) is 0.969. The zero-order valence-electron chi connectivity index (χ0n) is 5.60. The van der Waals surface area contributed by atoms with E-state index in [9.17, 15) is 4.79 Å². The fourth-order valence-electron chi connectivity index (χ4n) is 0.596. The molecular formula is C6H7ClN2O2. The lowest BCUT2D eigenvalue weighted by molar-refractivity contribution is -0.136. The van der Waals surface area contributed by atoms with E-state index in [-0.39, 0.29) is 18.8 Å². The number of nitrogens with zero attached hydrogens (tertiary/aromatic N) is 2. The van der Waals surface area contributed by atoms with E-state index >= 15 is 0 Å². The molecule has 0 aliphatic rings. The van der Waals surface area contributed by atoms with Crippen LogP contribution in [-0.2, 0) is 11.2 Å². The van der Waals surface area contributed by atoms with Gasteiger partial charge in [0.05, 0.1) is 6.42 Å². The first-order valence-electron chi connectivity index (χ1n) is 2.74. The number of aromatic nitrogens is 2. The Balaban J connectivity index is 0.000001000. The number of halogens is 1. The van der Waals surface area contributed by atoms with Gasteiger partial charge in [-0.15, -0.1) is 12.4 Å². The monoisotopic (exact) mass is 174 g/mol. The summed E-state index contributed by atoms with van der Waals surface area (Å²) < 4.78 is 0. The van der Waals surface area contributed by atoms with Crippen LogP contribution in [0.3, 0.4) is 0 Å². The van der Waals surface area contributed by atoms with Crippen LogP contribution in [0, 0.1) is 0 Å². The summed E-state index contributed by atoms with van der Waals surface area (Å²) >= 11 is 0. The summed E-state index contributed by atoms with van der Waals surface area (Å²) in [6, 6.07) is 0. The number of aliphatic carboxylic acids is 1. The summed E-state index contributed by atoms with van der Waals surface area (Å²) in [7, 11) is 0. The first-order chi connectivity index (χ1) is 4.79. The highest BCUT2D eigenvalue weighted by atomic mass is 35.5. The van der Waals surface area contributed by atoms with E-state index in [1.165, 1.54) is 18.7 Å². The molecule has 0 aliphatic carbocycles. The molecule has 0 amide bonds. The van der Waals surface area contributed by atoms with E-state index < -0.39 is 5.97 Å². The van der Waals surface area contributed by atoms with Gasteiger partial charge in [-0.1, -0.05) is 0 Å². The minimum atomic E-state index is -0.866. The molecule has 0 atom stereocenters. The quantitative estimate of drug-likeness (QED) is 0.710. The number of hydrogen-bond acceptors (Lipinski definition) is 3. The van der Waals surface area contributed by atoms with Crippen LogP contribution in [0.15, 0.2) is 18.7 Å². The Morgan fingerprint density at radius 1 is 1.45 bits per heavy atom. The lowest BCUT2D eigenvalue weighted by Crippen LogP contribution is -2.00. The van der Waals surface area contributed by atoms with Crippen LogP contribution in [0.1, 0.15) is 5.56 Å². The van der Waals surface area contributed by atoms with Gasteiger partial charge in [0.15, 0.2) is 0 Å². The maximum atomic E-state index is 10.1. The van der Waals surface area contributed by atoms with E-state index in [2.05, 4.69) is 9.97 Å². The first-order valence-corrected chi connectivity index (χ1v) is 2.74. The average molecular weight is 175 g/mol. The maximum absolute atomic E-state index is 10.1. The van der Waals surface area contributed by atoms with Crippen LogP contribution in [0.2, 0.25) is 0 Å². The minimum Gasteiger partial charge on any atom is -0.481 e. The molecule has 1 aromatic rings. The summed E-state index contributed by atoms with van der Waals surface area (Å²) in [6.07, 6.45) is 4.33. The van der Waals surface area contributed by atoms with Crippen LogP contribution < -0.4 is 0 Å². The molecule has 0 bridgehead atoms.